The molecular formula is C13H13Cl2N3O4S. The molecule has 10 heteroatoms. The number of benzene rings is 1. The van der Waals surface area contributed by atoms with Gasteiger partial charge in [-0.1, -0.05) is 23.2 Å². The number of halogens is 2. The molecule has 2 rings (SSSR count). The number of nitrogens with one attached hydrogen (secondary N) is 2. The summed E-state index contributed by atoms with van der Waals surface area (Å²) in [4.78, 5) is 15.2. The Labute approximate surface area is 143 Å². The summed E-state index contributed by atoms with van der Waals surface area (Å²) in [5.41, 5.74) is 2.15. The van der Waals surface area contributed by atoms with Crippen LogP contribution in [0.15, 0.2) is 35.0 Å². The van der Waals surface area contributed by atoms with Crippen LogP contribution in [-0.4, -0.2) is 31.8 Å². The van der Waals surface area contributed by atoms with Gasteiger partial charge in [0.05, 0.1) is 5.75 Å². The molecule has 1 heterocycles. The number of amides is 1. The average Bonchev–Trinajstić information content (AvgIpc) is 2.44. The van der Waals surface area contributed by atoms with Gasteiger partial charge in [0.15, 0.2) is 0 Å². The molecule has 1 amide bonds. The van der Waals surface area contributed by atoms with Gasteiger partial charge in [0.1, 0.15) is 5.71 Å². The highest BCUT2D eigenvalue weighted by atomic mass is 35.5. The van der Waals surface area contributed by atoms with Gasteiger partial charge in [-0.25, -0.2) is 13.9 Å². The van der Waals surface area contributed by atoms with E-state index in [9.17, 15) is 13.2 Å². The highest BCUT2D eigenvalue weighted by molar-refractivity contribution is 7.88. The predicted octanol–water partition coefficient (Wildman–Crippen LogP) is 1.65. The number of rotatable bonds is 5. The van der Waals surface area contributed by atoms with Crippen LogP contribution in [0.3, 0.4) is 0 Å². The fourth-order valence-corrected chi connectivity index (χ4v) is 3.81. The number of dihydropyridines is 1. The van der Waals surface area contributed by atoms with E-state index in [4.69, 9.17) is 28.4 Å². The molecule has 0 radical (unpaired) electrons. The topological polar surface area (TPSA) is 108 Å². The third-order valence-corrected chi connectivity index (χ3v) is 4.60. The SMILES string of the molecule is O=C(NO)C1=NCCC(NS(=O)(=O)Cc2cc(Cl)cc(Cl)c2)=C1. The summed E-state index contributed by atoms with van der Waals surface area (Å²) in [5.74, 6) is -1.12. The predicted molar refractivity (Wildman–Crippen MR) is 87.2 cm³/mol. The van der Waals surface area contributed by atoms with E-state index in [1.807, 2.05) is 0 Å². The van der Waals surface area contributed by atoms with Crippen LogP contribution >= 0.6 is 23.2 Å². The molecule has 124 valence electrons. The molecular weight excluding hydrogens is 365 g/mol. The molecule has 0 aromatic heterocycles. The quantitative estimate of drug-likeness (QED) is 0.535. The van der Waals surface area contributed by atoms with E-state index >= 15 is 0 Å². The molecule has 0 saturated carbocycles. The zero-order valence-corrected chi connectivity index (χ0v) is 14.0. The van der Waals surface area contributed by atoms with Gasteiger partial charge < -0.3 is 0 Å². The van der Waals surface area contributed by atoms with Crippen molar-refractivity contribution in [2.45, 2.75) is 12.2 Å². The number of hydroxylamine groups is 1. The second kappa shape index (κ2) is 7.31. The van der Waals surface area contributed by atoms with Gasteiger partial charge in [0.25, 0.3) is 5.91 Å². The lowest BCUT2D eigenvalue weighted by Gasteiger charge is -2.15. The number of carbonyl (C=O) groups is 1. The smallest absolute Gasteiger partial charge is 0.288 e. The molecule has 3 N–H and O–H groups in total. The van der Waals surface area contributed by atoms with Crippen molar-refractivity contribution in [3.05, 3.63) is 45.6 Å². The van der Waals surface area contributed by atoms with Crippen LogP contribution in [0.25, 0.3) is 0 Å². The minimum absolute atomic E-state index is 0.0535. The van der Waals surface area contributed by atoms with Crippen molar-refractivity contribution in [2.24, 2.45) is 4.99 Å². The van der Waals surface area contributed by atoms with Crippen molar-refractivity contribution in [3.8, 4) is 0 Å². The summed E-state index contributed by atoms with van der Waals surface area (Å²) < 4.78 is 26.8. The number of nitrogens with zero attached hydrogens (tertiary/aromatic N) is 1. The second-order valence-corrected chi connectivity index (χ2v) is 7.36. The summed E-state index contributed by atoms with van der Waals surface area (Å²) in [6, 6.07) is 4.52. The number of hydrogen-bond donors (Lipinski definition) is 3. The first-order valence-electron chi connectivity index (χ1n) is 6.44. The molecule has 23 heavy (non-hydrogen) atoms. The number of aliphatic imine (C=N–C) groups is 1. The first-order chi connectivity index (χ1) is 10.8. The van der Waals surface area contributed by atoms with Gasteiger partial charge >= 0.3 is 0 Å². The summed E-state index contributed by atoms with van der Waals surface area (Å²) in [6.45, 7) is 0.236. The fraction of sp³-hybridized carbons (Fsp3) is 0.231. The van der Waals surface area contributed by atoms with Crippen LogP contribution in [0.2, 0.25) is 10.0 Å². The zero-order valence-electron chi connectivity index (χ0n) is 11.7. The third kappa shape index (κ3) is 5.21. The van der Waals surface area contributed by atoms with E-state index in [0.29, 0.717) is 27.7 Å². The largest absolute Gasteiger partial charge is 0.292 e. The van der Waals surface area contributed by atoms with Crippen LogP contribution in [-0.2, 0) is 20.6 Å². The molecule has 0 fully saturated rings. The van der Waals surface area contributed by atoms with Crippen molar-refractivity contribution in [1.82, 2.24) is 10.2 Å². The highest BCUT2D eigenvalue weighted by Gasteiger charge is 2.18. The average molecular weight is 378 g/mol. The molecule has 1 aromatic rings. The summed E-state index contributed by atoms with van der Waals surface area (Å²) >= 11 is 11.7. The maximum atomic E-state index is 12.2. The van der Waals surface area contributed by atoms with E-state index in [0.717, 1.165) is 0 Å². The number of sulfonamides is 1. The van der Waals surface area contributed by atoms with E-state index in [2.05, 4.69) is 9.71 Å². The Kier molecular flexibility index (Phi) is 5.64. The van der Waals surface area contributed by atoms with Crippen molar-refractivity contribution in [2.75, 3.05) is 6.54 Å². The van der Waals surface area contributed by atoms with Crippen LogP contribution < -0.4 is 10.2 Å². The normalized spacial score (nSPS) is 14.7. The molecule has 0 bridgehead atoms. The Bertz CT molecular complexity index is 770. The third-order valence-electron chi connectivity index (χ3n) is 2.87. The summed E-state index contributed by atoms with van der Waals surface area (Å²) in [7, 11) is -3.71. The molecule has 0 atom stereocenters. The minimum Gasteiger partial charge on any atom is -0.288 e. The monoisotopic (exact) mass is 377 g/mol. The highest BCUT2D eigenvalue weighted by Crippen LogP contribution is 2.20. The molecule has 0 aliphatic carbocycles. The lowest BCUT2D eigenvalue weighted by atomic mass is 10.2. The molecule has 0 spiro atoms. The van der Waals surface area contributed by atoms with Gasteiger partial charge in [0, 0.05) is 28.7 Å². The Hall–Kier alpha value is -1.61. The standard InChI is InChI=1S/C13H13Cl2N3O4S/c14-9-3-8(4-10(15)5-9)7-23(21,22)18-11-1-2-16-12(6-11)13(19)17-20/h3-6,18,20H,1-2,7H2,(H,17,19). The fourth-order valence-electron chi connectivity index (χ4n) is 2.00. The molecule has 1 aromatic carbocycles. The Morgan fingerprint density at radius 3 is 2.52 bits per heavy atom. The molecule has 1 aliphatic heterocycles. The Balaban J connectivity index is 2.13. The zero-order chi connectivity index (χ0) is 17.0. The van der Waals surface area contributed by atoms with Crippen molar-refractivity contribution >= 4 is 44.8 Å². The minimum atomic E-state index is -3.71. The maximum Gasteiger partial charge on any atom is 0.292 e. The van der Waals surface area contributed by atoms with Crippen LogP contribution in [0, 0.1) is 0 Å². The second-order valence-electron chi connectivity index (χ2n) is 4.77. The summed E-state index contributed by atoms with van der Waals surface area (Å²) in [5, 5.41) is 9.26. The van der Waals surface area contributed by atoms with Gasteiger partial charge in [-0.2, -0.15) is 0 Å². The lowest BCUT2D eigenvalue weighted by Crippen LogP contribution is -2.32. The lowest BCUT2D eigenvalue weighted by molar-refractivity contribution is -0.122. The first kappa shape index (κ1) is 17.7. The van der Waals surface area contributed by atoms with E-state index in [1.165, 1.54) is 29.8 Å². The van der Waals surface area contributed by atoms with Gasteiger partial charge in [-0.15, -0.1) is 0 Å². The van der Waals surface area contributed by atoms with Crippen LogP contribution in [0.4, 0.5) is 0 Å². The van der Waals surface area contributed by atoms with Crippen molar-refractivity contribution in [1.29, 1.82) is 0 Å². The van der Waals surface area contributed by atoms with Gasteiger partial charge in [0.2, 0.25) is 10.0 Å². The Morgan fingerprint density at radius 2 is 1.91 bits per heavy atom. The van der Waals surface area contributed by atoms with E-state index < -0.39 is 15.9 Å². The summed E-state index contributed by atoms with van der Waals surface area (Å²) in [6.07, 6.45) is 1.61. The van der Waals surface area contributed by atoms with Crippen molar-refractivity contribution in [3.63, 3.8) is 0 Å². The molecule has 0 saturated heterocycles. The van der Waals surface area contributed by atoms with Gasteiger partial charge in [-0.3, -0.25) is 19.7 Å². The van der Waals surface area contributed by atoms with E-state index in [1.54, 1.807) is 0 Å². The van der Waals surface area contributed by atoms with Gasteiger partial charge in [-0.05, 0) is 29.8 Å². The molecule has 7 nitrogen and oxygen atoms in total. The first-order valence-corrected chi connectivity index (χ1v) is 8.85. The van der Waals surface area contributed by atoms with Crippen LogP contribution in [0.5, 0.6) is 0 Å². The van der Waals surface area contributed by atoms with Crippen molar-refractivity contribution < 1.29 is 18.4 Å². The van der Waals surface area contributed by atoms with Crippen LogP contribution in [0.1, 0.15) is 12.0 Å². The van der Waals surface area contributed by atoms with E-state index in [-0.39, 0.29) is 18.0 Å². The number of hydrogen-bond acceptors (Lipinski definition) is 5. The Morgan fingerprint density at radius 1 is 1.26 bits per heavy atom. The maximum absolute atomic E-state index is 12.2. The molecule has 0 unspecified atom stereocenters. The number of carbonyl (C=O) groups excluding carboxylic acids is 1. The molecule has 1 aliphatic rings.